The van der Waals surface area contributed by atoms with Crippen molar-refractivity contribution in [3.8, 4) is 0 Å². The number of hydrogen-bond donors (Lipinski definition) is 0. The van der Waals surface area contributed by atoms with Crippen molar-refractivity contribution < 1.29 is 9.53 Å². The normalized spacial score (nSPS) is 19.8. The van der Waals surface area contributed by atoms with Crippen LogP contribution in [0.4, 0.5) is 5.69 Å². The predicted octanol–water partition coefficient (Wildman–Crippen LogP) is 2.38. The molecule has 1 unspecified atom stereocenters. The van der Waals surface area contributed by atoms with Gasteiger partial charge in [0.15, 0.2) is 6.29 Å². The van der Waals surface area contributed by atoms with Gasteiger partial charge in [-0.05, 0) is 18.6 Å². The molecular weight excluding hydrogens is 226 g/mol. The summed E-state index contributed by atoms with van der Waals surface area (Å²) in [5.74, 6) is 0. The zero-order chi connectivity index (χ0) is 11.5. The summed E-state index contributed by atoms with van der Waals surface area (Å²) in [5, 5.41) is 0.498. The highest BCUT2D eigenvalue weighted by molar-refractivity contribution is 6.33. The summed E-state index contributed by atoms with van der Waals surface area (Å²) in [6.45, 7) is 1.49. The van der Waals surface area contributed by atoms with Crippen molar-refractivity contribution in [2.75, 3.05) is 25.2 Å². The van der Waals surface area contributed by atoms with Crippen molar-refractivity contribution >= 4 is 23.6 Å². The molecule has 1 heterocycles. The Morgan fingerprint density at radius 1 is 1.56 bits per heavy atom. The van der Waals surface area contributed by atoms with E-state index in [1.807, 2.05) is 19.2 Å². The molecule has 1 aromatic carbocycles. The number of ether oxygens (including phenoxy) is 1. The number of carbonyl (C=O) groups excluding carboxylic acids is 1. The number of anilines is 1. The molecule has 0 aliphatic carbocycles. The molecule has 0 spiro atoms. The number of benzene rings is 1. The Bertz CT molecular complexity index is 389. The molecule has 0 bridgehead atoms. The minimum Gasteiger partial charge on any atom is -0.379 e. The molecule has 1 aromatic rings. The molecule has 1 atom stereocenters. The van der Waals surface area contributed by atoms with E-state index in [0.29, 0.717) is 23.2 Å². The summed E-state index contributed by atoms with van der Waals surface area (Å²) in [6.07, 6.45) is 1.80. The van der Waals surface area contributed by atoms with Gasteiger partial charge in [-0.2, -0.15) is 0 Å². The largest absolute Gasteiger partial charge is 0.379 e. The maximum atomic E-state index is 11.0. The molecule has 1 saturated heterocycles. The van der Waals surface area contributed by atoms with Gasteiger partial charge in [0.25, 0.3) is 0 Å². The maximum absolute atomic E-state index is 11.0. The zero-order valence-corrected chi connectivity index (χ0v) is 9.91. The van der Waals surface area contributed by atoms with Crippen LogP contribution in [-0.4, -0.2) is 32.6 Å². The van der Waals surface area contributed by atoms with E-state index in [9.17, 15) is 4.79 Å². The summed E-state index contributed by atoms with van der Waals surface area (Å²) in [7, 11) is 1.97. The van der Waals surface area contributed by atoms with Crippen molar-refractivity contribution in [2.24, 2.45) is 0 Å². The number of nitrogens with zero attached hydrogens (tertiary/aromatic N) is 1. The number of aldehydes is 1. The van der Waals surface area contributed by atoms with Crippen molar-refractivity contribution in [3.05, 3.63) is 28.8 Å². The smallest absolute Gasteiger partial charge is 0.153 e. The summed E-state index contributed by atoms with van der Waals surface area (Å²) in [5.41, 5.74) is 1.43. The maximum Gasteiger partial charge on any atom is 0.153 e. The third-order valence-electron chi connectivity index (χ3n) is 2.98. The van der Waals surface area contributed by atoms with Gasteiger partial charge in [0.1, 0.15) is 0 Å². The molecule has 0 aromatic heterocycles. The molecule has 3 nitrogen and oxygen atoms in total. The highest BCUT2D eigenvalue weighted by Gasteiger charge is 2.22. The molecule has 0 radical (unpaired) electrons. The average molecular weight is 240 g/mol. The van der Waals surface area contributed by atoms with E-state index in [4.69, 9.17) is 16.3 Å². The lowest BCUT2D eigenvalue weighted by molar-refractivity contribution is 0.112. The molecule has 1 fully saturated rings. The van der Waals surface area contributed by atoms with Gasteiger partial charge < -0.3 is 9.64 Å². The first-order valence-corrected chi connectivity index (χ1v) is 5.66. The van der Waals surface area contributed by atoms with Gasteiger partial charge in [-0.3, -0.25) is 4.79 Å². The first-order chi connectivity index (χ1) is 7.74. The Morgan fingerprint density at radius 3 is 3.00 bits per heavy atom. The average Bonchev–Trinajstić information content (AvgIpc) is 2.81. The van der Waals surface area contributed by atoms with E-state index in [2.05, 4.69) is 4.90 Å². The standard InChI is InChI=1S/C12H14ClNO2/c1-14(9-5-6-16-8-9)12-4-2-3-11(13)10(12)7-15/h2-4,7,9H,5-6,8H2,1H3. The topological polar surface area (TPSA) is 29.5 Å². The summed E-state index contributed by atoms with van der Waals surface area (Å²) in [4.78, 5) is 13.1. The first kappa shape index (κ1) is 11.4. The van der Waals surface area contributed by atoms with Crippen LogP contribution in [0.5, 0.6) is 0 Å². The van der Waals surface area contributed by atoms with Gasteiger partial charge in [0, 0.05) is 19.3 Å². The lowest BCUT2D eigenvalue weighted by atomic mass is 10.1. The Balaban J connectivity index is 2.31. The van der Waals surface area contributed by atoms with E-state index in [1.165, 1.54) is 0 Å². The number of likely N-dealkylation sites (N-methyl/N-ethyl adjacent to an activating group) is 1. The van der Waals surface area contributed by atoms with Gasteiger partial charge in [0.2, 0.25) is 0 Å². The molecule has 1 aliphatic rings. The molecule has 16 heavy (non-hydrogen) atoms. The second-order valence-corrected chi connectivity index (χ2v) is 4.33. The Morgan fingerprint density at radius 2 is 2.38 bits per heavy atom. The number of halogens is 1. The fourth-order valence-electron chi connectivity index (χ4n) is 1.97. The zero-order valence-electron chi connectivity index (χ0n) is 9.15. The minimum atomic E-state index is 0.331. The van der Waals surface area contributed by atoms with Crippen LogP contribution < -0.4 is 4.90 Å². The highest BCUT2D eigenvalue weighted by atomic mass is 35.5. The van der Waals surface area contributed by atoms with Crippen LogP contribution in [0, 0.1) is 0 Å². The Kier molecular flexibility index (Phi) is 3.46. The van der Waals surface area contributed by atoms with Gasteiger partial charge in [0.05, 0.1) is 23.2 Å². The summed E-state index contributed by atoms with van der Waals surface area (Å²) in [6, 6.07) is 5.83. The fourth-order valence-corrected chi connectivity index (χ4v) is 2.19. The van der Waals surface area contributed by atoms with Crippen LogP contribution in [0.15, 0.2) is 18.2 Å². The van der Waals surface area contributed by atoms with Crippen LogP contribution >= 0.6 is 11.6 Å². The minimum absolute atomic E-state index is 0.331. The lowest BCUT2D eigenvalue weighted by Crippen LogP contribution is -2.32. The van der Waals surface area contributed by atoms with Crippen LogP contribution in [-0.2, 0) is 4.74 Å². The number of rotatable bonds is 3. The lowest BCUT2D eigenvalue weighted by Gasteiger charge is -2.26. The van der Waals surface area contributed by atoms with Gasteiger partial charge in [-0.1, -0.05) is 17.7 Å². The summed E-state index contributed by atoms with van der Waals surface area (Å²) < 4.78 is 5.34. The quantitative estimate of drug-likeness (QED) is 0.759. The highest BCUT2D eigenvalue weighted by Crippen LogP contribution is 2.28. The van der Waals surface area contributed by atoms with Crippen LogP contribution in [0.2, 0.25) is 5.02 Å². The third kappa shape index (κ3) is 2.06. The number of hydrogen-bond acceptors (Lipinski definition) is 3. The summed E-state index contributed by atoms with van der Waals surface area (Å²) >= 11 is 5.99. The van der Waals surface area contributed by atoms with E-state index in [1.54, 1.807) is 6.07 Å². The second-order valence-electron chi connectivity index (χ2n) is 3.92. The SMILES string of the molecule is CN(c1cccc(Cl)c1C=O)C1CCOC1. The first-order valence-electron chi connectivity index (χ1n) is 5.28. The van der Waals surface area contributed by atoms with Gasteiger partial charge in [-0.25, -0.2) is 0 Å². The predicted molar refractivity (Wildman–Crippen MR) is 64.5 cm³/mol. The Labute approximate surface area is 100.0 Å². The number of carbonyl (C=O) groups is 1. The molecule has 86 valence electrons. The molecule has 0 saturated carbocycles. The third-order valence-corrected chi connectivity index (χ3v) is 3.31. The van der Waals surface area contributed by atoms with E-state index in [-0.39, 0.29) is 0 Å². The molecule has 0 amide bonds. The van der Waals surface area contributed by atoms with Crippen molar-refractivity contribution in [1.29, 1.82) is 0 Å². The van der Waals surface area contributed by atoms with Crippen molar-refractivity contribution in [1.82, 2.24) is 0 Å². The van der Waals surface area contributed by atoms with Crippen molar-refractivity contribution in [2.45, 2.75) is 12.5 Å². The molecule has 2 rings (SSSR count). The van der Waals surface area contributed by atoms with E-state index in [0.717, 1.165) is 25.0 Å². The molecule has 0 N–H and O–H groups in total. The fraction of sp³-hybridized carbons (Fsp3) is 0.417. The van der Waals surface area contributed by atoms with Gasteiger partial charge >= 0.3 is 0 Å². The van der Waals surface area contributed by atoms with Crippen molar-refractivity contribution in [3.63, 3.8) is 0 Å². The molecule has 4 heteroatoms. The van der Waals surface area contributed by atoms with Gasteiger partial charge in [-0.15, -0.1) is 0 Å². The van der Waals surface area contributed by atoms with Crippen LogP contribution in [0.3, 0.4) is 0 Å². The van der Waals surface area contributed by atoms with Crippen LogP contribution in [0.1, 0.15) is 16.8 Å². The monoisotopic (exact) mass is 239 g/mol. The van der Waals surface area contributed by atoms with E-state index < -0.39 is 0 Å². The Hall–Kier alpha value is -1.06. The van der Waals surface area contributed by atoms with E-state index >= 15 is 0 Å². The molecule has 1 aliphatic heterocycles. The van der Waals surface area contributed by atoms with Crippen LogP contribution in [0.25, 0.3) is 0 Å². The molecular formula is C12H14ClNO2. The second kappa shape index (κ2) is 4.85.